The molecule has 1 fully saturated rings. The summed E-state index contributed by atoms with van der Waals surface area (Å²) in [4.78, 5) is 11.2. The molecule has 1 heterocycles. The third-order valence-electron chi connectivity index (χ3n) is 2.00. The second kappa shape index (κ2) is 4.08. The molecule has 14 heavy (non-hydrogen) atoms. The first kappa shape index (κ1) is 11.2. The molecule has 0 aromatic heterocycles. The Morgan fingerprint density at radius 2 is 2.00 bits per heavy atom. The molecule has 0 radical (unpaired) electrons. The van der Waals surface area contributed by atoms with E-state index in [1.165, 1.54) is 19.9 Å². The molecule has 80 valence electrons. The lowest BCUT2D eigenvalue weighted by Crippen LogP contribution is -2.32. The maximum Gasteiger partial charge on any atom is 0.337 e. The lowest BCUT2D eigenvalue weighted by Gasteiger charge is -2.15. The zero-order valence-corrected chi connectivity index (χ0v) is 8.04. The van der Waals surface area contributed by atoms with Crippen LogP contribution in [0.15, 0.2) is 11.6 Å². The number of carbonyl (C=O) groups is 1. The molecule has 0 aliphatic carbocycles. The van der Waals surface area contributed by atoms with Crippen molar-refractivity contribution in [2.24, 2.45) is 0 Å². The maximum absolute atomic E-state index is 11.2. The van der Waals surface area contributed by atoms with Gasteiger partial charge < -0.3 is 20.1 Å². The van der Waals surface area contributed by atoms with Gasteiger partial charge in [0.1, 0.15) is 6.10 Å². The second-order valence-corrected chi connectivity index (χ2v) is 3.42. The van der Waals surface area contributed by atoms with Crippen LogP contribution in [-0.4, -0.2) is 45.7 Å². The summed E-state index contributed by atoms with van der Waals surface area (Å²) in [5, 5.41) is 27.7. The Morgan fingerprint density at radius 1 is 1.43 bits per heavy atom. The molecule has 5 nitrogen and oxygen atoms in total. The van der Waals surface area contributed by atoms with Gasteiger partial charge in [0.15, 0.2) is 6.10 Å². The first-order chi connectivity index (χ1) is 6.43. The van der Waals surface area contributed by atoms with Crippen molar-refractivity contribution < 1.29 is 24.9 Å². The zero-order chi connectivity index (χ0) is 10.9. The Balaban J connectivity index is 2.85. The van der Waals surface area contributed by atoms with Crippen molar-refractivity contribution in [3.63, 3.8) is 0 Å². The quantitative estimate of drug-likeness (QED) is 0.393. The largest absolute Gasteiger partial charge is 0.453 e. The fourth-order valence-electron chi connectivity index (χ4n) is 1.34. The highest BCUT2D eigenvalue weighted by Crippen LogP contribution is 2.23. The molecule has 0 saturated carbocycles. The molecule has 0 bridgehead atoms. The molecule has 0 amide bonds. The molecule has 0 unspecified atom stereocenters. The minimum atomic E-state index is -1.17. The van der Waals surface area contributed by atoms with Gasteiger partial charge in [-0.2, -0.15) is 0 Å². The van der Waals surface area contributed by atoms with Crippen molar-refractivity contribution >= 4 is 5.97 Å². The maximum atomic E-state index is 11.2. The Kier molecular flexibility index (Phi) is 3.25. The van der Waals surface area contributed by atoms with Crippen molar-refractivity contribution in [3.05, 3.63) is 11.6 Å². The number of esters is 1. The van der Waals surface area contributed by atoms with Gasteiger partial charge >= 0.3 is 5.97 Å². The summed E-state index contributed by atoms with van der Waals surface area (Å²) >= 11 is 0. The number of aliphatic hydroxyl groups excluding tert-OH is 3. The minimum absolute atomic E-state index is 0.00546. The van der Waals surface area contributed by atoms with Crippen LogP contribution in [0.2, 0.25) is 0 Å². The van der Waals surface area contributed by atoms with Gasteiger partial charge in [0, 0.05) is 0 Å². The molecule has 5 heteroatoms. The molecule has 1 rings (SSSR count). The predicted octanol–water partition coefficient (Wildman–Crippen LogP) is -1.04. The second-order valence-electron chi connectivity index (χ2n) is 3.42. The van der Waals surface area contributed by atoms with E-state index in [1.54, 1.807) is 0 Å². The number of hydrogen-bond acceptors (Lipinski definition) is 5. The van der Waals surface area contributed by atoms with Crippen molar-refractivity contribution in [2.75, 3.05) is 0 Å². The highest BCUT2D eigenvalue weighted by atomic mass is 16.6. The molecule has 0 aromatic carbocycles. The van der Waals surface area contributed by atoms with Crippen LogP contribution in [-0.2, 0) is 9.53 Å². The number of cyclic esters (lactones) is 1. The van der Waals surface area contributed by atoms with Gasteiger partial charge in [0.05, 0.1) is 17.8 Å². The van der Waals surface area contributed by atoms with E-state index in [9.17, 15) is 9.90 Å². The molecule has 1 aliphatic rings. The monoisotopic (exact) mass is 202 g/mol. The van der Waals surface area contributed by atoms with Gasteiger partial charge in [-0.05, 0) is 19.9 Å². The molecule has 4 atom stereocenters. The van der Waals surface area contributed by atoms with E-state index in [0.717, 1.165) is 0 Å². The van der Waals surface area contributed by atoms with Crippen molar-refractivity contribution in [1.82, 2.24) is 0 Å². The number of carbonyl (C=O) groups excluding carboxylic acids is 1. The highest BCUT2D eigenvalue weighted by molar-refractivity contribution is 5.92. The summed E-state index contributed by atoms with van der Waals surface area (Å²) < 4.78 is 4.73. The standard InChI is InChI=1S/C9H14O5/c1-4(10)3-6-7(12)8(5(2)11)14-9(6)13/h3-5,7-8,10-12H,1-2H3/t4-,5+,7+,8+/m0/s1. The van der Waals surface area contributed by atoms with E-state index in [-0.39, 0.29) is 5.57 Å². The summed E-state index contributed by atoms with van der Waals surface area (Å²) in [6, 6.07) is 0. The van der Waals surface area contributed by atoms with Crippen LogP contribution in [0.4, 0.5) is 0 Å². The molecule has 0 spiro atoms. The molecule has 1 saturated heterocycles. The topological polar surface area (TPSA) is 87.0 Å². The van der Waals surface area contributed by atoms with Crippen molar-refractivity contribution in [2.45, 2.75) is 38.3 Å². The molecule has 0 aromatic rings. The van der Waals surface area contributed by atoms with E-state index in [4.69, 9.17) is 14.9 Å². The third kappa shape index (κ3) is 2.12. The SMILES string of the molecule is C[C@H](O)C=C1C(=O)O[C@H]([C@@H](C)O)[C@@H]1O. The van der Waals surface area contributed by atoms with E-state index in [0.29, 0.717) is 0 Å². The van der Waals surface area contributed by atoms with E-state index in [1.807, 2.05) is 0 Å². The summed E-state index contributed by atoms with van der Waals surface area (Å²) in [5.74, 6) is -0.690. The fraction of sp³-hybridized carbons (Fsp3) is 0.667. The van der Waals surface area contributed by atoms with Crippen LogP contribution < -0.4 is 0 Å². The minimum Gasteiger partial charge on any atom is -0.453 e. The highest BCUT2D eigenvalue weighted by Gasteiger charge is 2.41. The number of rotatable bonds is 2. The average molecular weight is 202 g/mol. The predicted molar refractivity (Wildman–Crippen MR) is 47.3 cm³/mol. The first-order valence-corrected chi connectivity index (χ1v) is 4.40. The van der Waals surface area contributed by atoms with Crippen molar-refractivity contribution in [1.29, 1.82) is 0 Å². The lowest BCUT2D eigenvalue weighted by atomic mass is 10.0. The fourth-order valence-corrected chi connectivity index (χ4v) is 1.34. The van der Waals surface area contributed by atoms with E-state index in [2.05, 4.69) is 0 Å². The van der Waals surface area contributed by atoms with E-state index < -0.39 is 30.4 Å². The van der Waals surface area contributed by atoms with Gasteiger partial charge in [0.2, 0.25) is 0 Å². The van der Waals surface area contributed by atoms with Crippen LogP contribution in [0.3, 0.4) is 0 Å². The first-order valence-electron chi connectivity index (χ1n) is 4.40. The van der Waals surface area contributed by atoms with Gasteiger partial charge in [-0.25, -0.2) is 4.79 Å². The summed E-state index contributed by atoms with van der Waals surface area (Å²) in [6.07, 6.45) is -2.66. The van der Waals surface area contributed by atoms with Crippen molar-refractivity contribution in [3.8, 4) is 0 Å². The van der Waals surface area contributed by atoms with E-state index >= 15 is 0 Å². The Morgan fingerprint density at radius 3 is 2.36 bits per heavy atom. The molecule has 1 aliphatic heterocycles. The van der Waals surface area contributed by atoms with Crippen LogP contribution in [0.1, 0.15) is 13.8 Å². The number of hydrogen-bond donors (Lipinski definition) is 3. The summed E-state index contributed by atoms with van der Waals surface area (Å²) in [7, 11) is 0. The lowest BCUT2D eigenvalue weighted by molar-refractivity contribution is -0.144. The summed E-state index contributed by atoms with van der Waals surface area (Å²) in [6.45, 7) is 2.88. The van der Waals surface area contributed by atoms with Gasteiger partial charge in [-0.15, -0.1) is 0 Å². The smallest absolute Gasteiger partial charge is 0.337 e. The zero-order valence-electron chi connectivity index (χ0n) is 8.04. The molecular formula is C9H14O5. The molecular weight excluding hydrogens is 188 g/mol. The van der Waals surface area contributed by atoms with Gasteiger partial charge in [-0.3, -0.25) is 0 Å². The third-order valence-corrected chi connectivity index (χ3v) is 2.00. The van der Waals surface area contributed by atoms with Crippen LogP contribution in [0.5, 0.6) is 0 Å². The average Bonchev–Trinajstić information content (AvgIpc) is 2.31. The number of aliphatic hydroxyl groups is 3. The Bertz CT molecular complexity index is 256. The van der Waals surface area contributed by atoms with Gasteiger partial charge in [-0.1, -0.05) is 0 Å². The Labute approximate surface area is 81.6 Å². The number of ether oxygens (including phenoxy) is 1. The Hall–Kier alpha value is -0.910. The normalized spacial score (nSPS) is 34.4. The van der Waals surface area contributed by atoms with Crippen LogP contribution >= 0.6 is 0 Å². The van der Waals surface area contributed by atoms with Gasteiger partial charge in [0.25, 0.3) is 0 Å². The molecule has 3 N–H and O–H groups in total. The van der Waals surface area contributed by atoms with Crippen LogP contribution in [0, 0.1) is 0 Å². The van der Waals surface area contributed by atoms with Crippen LogP contribution in [0.25, 0.3) is 0 Å². The summed E-state index contributed by atoms with van der Waals surface area (Å²) in [5.41, 5.74) is 0.00546.